The van der Waals surface area contributed by atoms with Gasteiger partial charge in [0.25, 0.3) is 5.91 Å². The number of amides is 2. The van der Waals surface area contributed by atoms with E-state index in [1.165, 1.54) is 4.90 Å². The highest BCUT2D eigenvalue weighted by Gasteiger charge is 2.42. The van der Waals surface area contributed by atoms with Crippen molar-refractivity contribution in [2.45, 2.75) is 32.7 Å². The van der Waals surface area contributed by atoms with Crippen LogP contribution in [0, 0.1) is 0 Å². The molecule has 1 aromatic rings. The molecular weight excluding hydrogens is 296 g/mol. The molecule has 0 bridgehead atoms. The fourth-order valence-electron chi connectivity index (χ4n) is 1.88. The molecule has 0 aromatic carbocycles. The van der Waals surface area contributed by atoms with Crippen LogP contribution in [0.2, 0.25) is 5.28 Å². The van der Waals surface area contributed by atoms with Gasteiger partial charge in [-0.2, -0.15) is 15.0 Å². The molecule has 21 heavy (non-hydrogen) atoms. The number of anilines is 2. The molecule has 0 aliphatic carbocycles. The lowest BCUT2D eigenvalue weighted by Gasteiger charge is -2.39. The fourth-order valence-corrected chi connectivity index (χ4v) is 2.04. The third kappa shape index (κ3) is 3.21. The number of nitrogens with one attached hydrogen (secondary N) is 2. The van der Waals surface area contributed by atoms with Crippen LogP contribution in [0.3, 0.4) is 0 Å². The summed E-state index contributed by atoms with van der Waals surface area (Å²) in [6.45, 7) is 6.04. The first-order valence-electron chi connectivity index (χ1n) is 6.62. The van der Waals surface area contributed by atoms with Crippen LogP contribution in [-0.4, -0.2) is 45.4 Å². The van der Waals surface area contributed by atoms with Gasteiger partial charge in [-0.15, -0.1) is 0 Å². The molecule has 0 radical (unpaired) electrons. The van der Waals surface area contributed by atoms with E-state index in [1.807, 2.05) is 6.92 Å². The van der Waals surface area contributed by atoms with Gasteiger partial charge in [0.1, 0.15) is 12.1 Å². The third-order valence-corrected chi connectivity index (χ3v) is 3.33. The van der Waals surface area contributed by atoms with E-state index in [9.17, 15) is 9.59 Å². The smallest absolute Gasteiger partial charge is 0.252 e. The topological polar surface area (TPSA) is 100 Å². The number of hydrogen-bond donors (Lipinski definition) is 2. The van der Waals surface area contributed by atoms with Gasteiger partial charge in [-0.3, -0.25) is 14.9 Å². The van der Waals surface area contributed by atoms with E-state index >= 15 is 0 Å². The molecule has 1 aliphatic rings. The summed E-state index contributed by atoms with van der Waals surface area (Å²) in [6.07, 6.45) is 0.898. The molecule has 114 valence electrons. The first-order chi connectivity index (χ1) is 9.84. The molecule has 0 unspecified atom stereocenters. The second kappa shape index (κ2) is 5.80. The van der Waals surface area contributed by atoms with Crippen molar-refractivity contribution >= 4 is 35.3 Å². The first-order valence-corrected chi connectivity index (χ1v) is 6.99. The highest BCUT2D eigenvalue weighted by atomic mass is 35.5. The summed E-state index contributed by atoms with van der Waals surface area (Å²) in [4.78, 5) is 37.3. The predicted octanol–water partition coefficient (Wildman–Crippen LogP) is 0.588. The molecule has 2 heterocycles. The van der Waals surface area contributed by atoms with Crippen molar-refractivity contribution < 1.29 is 9.59 Å². The molecule has 1 aliphatic heterocycles. The van der Waals surface area contributed by atoms with E-state index in [2.05, 4.69) is 25.6 Å². The number of piperazine rings is 1. The van der Waals surface area contributed by atoms with Crippen molar-refractivity contribution in [2.24, 2.45) is 0 Å². The van der Waals surface area contributed by atoms with Gasteiger partial charge >= 0.3 is 0 Å². The maximum Gasteiger partial charge on any atom is 0.252 e. The van der Waals surface area contributed by atoms with Crippen molar-refractivity contribution in [3.05, 3.63) is 5.28 Å². The van der Waals surface area contributed by atoms with E-state index in [1.54, 1.807) is 13.8 Å². The van der Waals surface area contributed by atoms with Crippen LogP contribution in [0.4, 0.5) is 11.9 Å². The van der Waals surface area contributed by atoms with Crippen molar-refractivity contribution in [1.82, 2.24) is 20.3 Å². The van der Waals surface area contributed by atoms with Crippen LogP contribution >= 0.6 is 11.6 Å². The normalized spacial score (nSPS) is 17.6. The average Bonchev–Trinajstić information content (AvgIpc) is 2.40. The van der Waals surface area contributed by atoms with Gasteiger partial charge in [0.05, 0.1) is 0 Å². The Labute approximate surface area is 127 Å². The average molecular weight is 313 g/mol. The van der Waals surface area contributed by atoms with Crippen LogP contribution in [0.5, 0.6) is 0 Å². The van der Waals surface area contributed by atoms with Crippen LogP contribution in [0.25, 0.3) is 0 Å². The Bertz CT molecular complexity index is 577. The molecule has 0 atom stereocenters. The standard InChI is InChI=1S/C12H17ClN6O2/c1-4-5-14-10-16-9(13)17-11(18-10)19-6-7(20)15-8(21)12(19,2)3/h4-6H2,1-3H3,(H,15,20,21)(H,14,16,17,18). The molecule has 9 heteroatoms. The number of imide groups is 1. The second-order valence-electron chi connectivity index (χ2n) is 5.18. The Morgan fingerprint density at radius 1 is 1.33 bits per heavy atom. The van der Waals surface area contributed by atoms with Gasteiger partial charge in [0, 0.05) is 6.54 Å². The van der Waals surface area contributed by atoms with Gasteiger partial charge in [-0.25, -0.2) is 0 Å². The maximum absolute atomic E-state index is 12.0. The van der Waals surface area contributed by atoms with E-state index in [-0.39, 0.29) is 17.8 Å². The van der Waals surface area contributed by atoms with E-state index < -0.39 is 17.4 Å². The lowest BCUT2D eigenvalue weighted by Crippen LogP contribution is -2.64. The molecule has 8 nitrogen and oxygen atoms in total. The van der Waals surface area contributed by atoms with Crippen LogP contribution < -0.4 is 15.5 Å². The van der Waals surface area contributed by atoms with Gasteiger partial charge in [0.15, 0.2) is 0 Å². The zero-order chi connectivity index (χ0) is 15.6. The Hall–Kier alpha value is -1.96. The molecule has 2 rings (SSSR count). The molecule has 1 fully saturated rings. The van der Waals surface area contributed by atoms with Gasteiger partial charge in [-0.05, 0) is 31.9 Å². The highest BCUT2D eigenvalue weighted by molar-refractivity contribution is 6.28. The van der Waals surface area contributed by atoms with E-state index in [0.717, 1.165) is 6.42 Å². The Morgan fingerprint density at radius 2 is 2.05 bits per heavy atom. The van der Waals surface area contributed by atoms with Crippen LogP contribution in [0.1, 0.15) is 27.2 Å². The van der Waals surface area contributed by atoms with E-state index in [0.29, 0.717) is 12.5 Å². The quantitative estimate of drug-likeness (QED) is 0.785. The molecule has 2 N–H and O–H groups in total. The number of aromatic nitrogens is 3. The summed E-state index contributed by atoms with van der Waals surface area (Å²) in [5.41, 5.74) is -0.958. The highest BCUT2D eigenvalue weighted by Crippen LogP contribution is 2.24. The summed E-state index contributed by atoms with van der Waals surface area (Å²) >= 11 is 5.90. The summed E-state index contributed by atoms with van der Waals surface area (Å²) in [7, 11) is 0. The first kappa shape index (κ1) is 15.4. The Balaban J connectivity index is 2.37. The summed E-state index contributed by atoms with van der Waals surface area (Å²) < 4.78 is 0. The minimum absolute atomic E-state index is 0.00725. The molecular formula is C12H17ClN6O2. The van der Waals surface area contributed by atoms with Crippen LogP contribution in [-0.2, 0) is 9.59 Å². The monoisotopic (exact) mass is 312 g/mol. The molecule has 2 amide bonds. The van der Waals surface area contributed by atoms with Crippen molar-refractivity contribution in [2.75, 3.05) is 23.3 Å². The summed E-state index contributed by atoms with van der Waals surface area (Å²) in [5, 5.41) is 5.31. The molecule has 0 saturated carbocycles. The predicted molar refractivity (Wildman–Crippen MR) is 78.2 cm³/mol. The van der Waals surface area contributed by atoms with Crippen molar-refractivity contribution in [3.63, 3.8) is 0 Å². The summed E-state index contributed by atoms with van der Waals surface area (Å²) in [6, 6.07) is 0. The largest absolute Gasteiger partial charge is 0.354 e. The Kier molecular flexibility index (Phi) is 4.26. The minimum Gasteiger partial charge on any atom is -0.354 e. The van der Waals surface area contributed by atoms with Gasteiger partial charge in [0.2, 0.25) is 23.1 Å². The number of halogens is 1. The number of nitrogens with zero attached hydrogens (tertiary/aromatic N) is 4. The molecule has 1 saturated heterocycles. The second-order valence-corrected chi connectivity index (χ2v) is 5.52. The number of hydrogen-bond acceptors (Lipinski definition) is 7. The molecule has 0 spiro atoms. The Morgan fingerprint density at radius 3 is 2.71 bits per heavy atom. The lowest BCUT2D eigenvalue weighted by molar-refractivity contribution is -0.135. The number of carbonyl (C=O) groups excluding carboxylic acids is 2. The number of carbonyl (C=O) groups is 2. The van der Waals surface area contributed by atoms with Crippen molar-refractivity contribution in [1.29, 1.82) is 0 Å². The third-order valence-electron chi connectivity index (χ3n) is 3.16. The van der Waals surface area contributed by atoms with Crippen LogP contribution in [0.15, 0.2) is 0 Å². The summed E-state index contributed by atoms with van der Waals surface area (Å²) in [5.74, 6) is -0.292. The van der Waals surface area contributed by atoms with E-state index in [4.69, 9.17) is 11.6 Å². The fraction of sp³-hybridized carbons (Fsp3) is 0.583. The van der Waals surface area contributed by atoms with Gasteiger partial charge < -0.3 is 10.2 Å². The lowest BCUT2D eigenvalue weighted by atomic mass is 9.99. The minimum atomic E-state index is -0.958. The molecule has 1 aromatic heterocycles. The zero-order valence-electron chi connectivity index (χ0n) is 12.1. The SMILES string of the molecule is CCCNc1nc(Cl)nc(N2CC(=O)NC(=O)C2(C)C)n1. The van der Waals surface area contributed by atoms with Crippen molar-refractivity contribution in [3.8, 4) is 0 Å². The zero-order valence-corrected chi connectivity index (χ0v) is 12.9. The number of rotatable bonds is 4. The van der Waals surface area contributed by atoms with Gasteiger partial charge in [-0.1, -0.05) is 6.92 Å². The maximum atomic E-state index is 12.0.